The third-order valence-corrected chi connectivity index (χ3v) is 6.35. The van der Waals surface area contributed by atoms with Crippen molar-refractivity contribution in [2.24, 2.45) is 5.92 Å². The standard InChI is InChI=1S/C22H32N6O2/c1-16-8-10-27(11-9-16)22(29)7-4-19-17(2)25-28(18(19)3)21-6-5-20(23-24-21)26-12-14-30-15-13-26/h5-6,16H,4,7-15H2,1-3H3. The van der Waals surface area contributed by atoms with Crippen LogP contribution in [0.2, 0.25) is 0 Å². The molecule has 0 atom stereocenters. The Morgan fingerprint density at radius 1 is 1.07 bits per heavy atom. The normalized spacial score (nSPS) is 18.1. The van der Waals surface area contributed by atoms with Crippen molar-refractivity contribution in [2.75, 3.05) is 44.3 Å². The van der Waals surface area contributed by atoms with Crippen LogP contribution in [-0.2, 0) is 16.0 Å². The first-order valence-corrected chi connectivity index (χ1v) is 11.0. The summed E-state index contributed by atoms with van der Waals surface area (Å²) in [5.74, 6) is 2.55. The predicted octanol–water partition coefficient (Wildman–Crippen LogP) is 2.31. The van der Waals surface area contributed by atoms with Gasteiger partial charge in [-0.15, -0.1) is 10.2 Å². The Kier molecular flexibility index (Phi) is 6.32. The average Bonchev–Trinajstić information content (AvgIpc) is 3.06. The second kappa shape index (κ2) is 9.12. The molecule has 2 saturated heterocycles. The highest BCUT2D eigenvalue weighted by Gasteiger charge is 2.22. The van der Waals surface area contributed by atoms with E-state index in [1.807, 2.05) is 35.6 Å². The lowest BCUT2D eigenvalue weighted by Crippen LogP contribution is -2.38. The first-order valence-electron chi connectivity index (χ1n) is 11.0. The topological polar surface area (TPSA) is 76.4 Å². The number of hydrogen-bond donors (Lipinski definition) is 0. The molecule has 0 saturated carbocycles. The van der Waals surface area contributed by atoms with Gasteiger partial charge in [0.15, 0.2) is 11.6 Å². The molecular weight excluding hydrogens is 380 g/mol. The number of aromatic nitrogens is 4. The van der Waals surface area contributed by atoms with Gasteiger partial charge in [-0.2, -0.15) is 5.10 Å². The summed E-state index contributed by atoms with van der Waals surface area (Å²) in [5, 5.41) is 13.5. The number of morpholine rings is 1. The molecule has 8 nitrogen and oxygen atoms in total. The van der Waals surface area contributed by atoms with Gasteiger partial charge in [0, 0.05) is 38.3 Å². The van der Waals surface area contributed by atoms with Crippen molar-refractivity contribution in [1.29, 1.82) is 0 Å². The maximum absolute atomic E-state index is 12.6. The number of nitrogens with zero attached hydrogens (tertiary/aromatic N) is 6. The number of hydrogen-bond acceptors (Lipinski definition) is 6. The summed E-state index contributed by atoms with van der Waals surface area (Å²) in [7, 11) is 0. The van der Waals surface area contributed by atoms with Crippen LogP contribution in [0.1, 0.15) is 43.1 Å². The lowest BCUT2D eigenvalue weighted by Gasteiger charge is -2.30. The number of aryl methyl sites for hydroxylation is 1. The van der Waals surface area contributed by atoms with Gasteiger partial charge in [-0.05, 0) is 56.7 Å². The molecule has 4 rings (SSSR count). The molecule has 0 radical (unpaired) electrons. The SMILES string of the molecule is Cc1nn(-c2ccc(N3CCOCC3)nn2)c(C)c1CCC(=O)N1CCC(C)CC1. The third kappa shape index (κ3) is 4.48. The summed E-state index contributed by atoms with van der Waals surface area (Å²) < 4.78 is 7.24. The van der Waals surface area contributed by atoms with Crippen LogP contribution in [0.4, 0.5) is 5.82 Å². The number of rotatable bonds is 5. The smallest absolute Gasteiger partial charge is 0.222 e. The van der Waals surface area contributed by atoms with Crippen LogP contribution in [0.3, 0.4) is 0 Å². The Morgan fingerprint density at radius 3 is 2.40 bits per heavy atom. The summed E-state index contributed by atoms with van der Waals surface area (Å²) in [4.78, 5) is 16.8. The number of piperidine rings is 1. The average molecular weight is 413 g/mol. The molecule has 2 aromatic heterocycles. The highest BCUT2D eigenvalue weighted by atomic mass is 16.5. The van der Waals surface area contributed by atoms with E-state index in [1.165, 1.54) is 0 Å². The van der Waals surface area contributed by atoms with E-state index < -0.39 is 0 Å². The van der Waals surface area contributed by atoms with Crippen molar-refractivity contribution in [3.8, 4) is 5.82 Å². The molecule has 4 heterocycles. The van der Waals surface area contributed by atoms with Crippen molar-refractivity contribution in [2.45, 2.75) is 46.5 Å². The lowest BCUT2D eigenvalue weighted by atomic mass is 9.98. The van der Waals surface area contributed by atoms with Gasteiger partial charge in [-0.25, -0.2) is 4.68 Å². The quantitative estimate of drug-likeness (QED) is 0.750. The van der Waals surface area contributed by atoms with Gasteiger partial charge in [0.2, 0.25) is 5.91 Å². The van der Waals surface area contributed by atoms with Crippen molar-refractivity contribution in [3.05, 3.63) is 29.1 Å². The monoisotopic (exact) mass is 412 g/mol. The molecule has 0 aromatic carbocycles. The summed E-state index contributed by atoms with van der Waals surface area (Å²) in [6.07, 6.45) is 3.47. The largest absolute Gasteiger partial charge is 0.378 e. The second-order valence-corrected chi connectivity index (χ2v) is 8.47. The Morgan fingerprint density at radius 2 is 1.73 bits per heavy atom. The Hall–Kier alpha value is -2.48. The van der Waals surface area contributed by atoms with Gasteiger partial charge in [0.1, 0.15) is 0 Å². The molecule has 2 aromatic rings. The zero-order valence-corrected chi connectivity index (χ0v) is 18.3. The van der Waals surface area contributed by atoms with Crippen molar-refractivity contribution in [3.63, 3.8) is 0 Å². The van der Waals surface area contributed by atoms with E-state index in [2.05, 4.69) is 27.1 Å². The minimum atomic E-state index is 0.253. The van der Waals surface area contributed by atoms with Crippen LogP contribution in [0.15, 0.2) is 12.1 Å². The maximum atomic E-state index is 12.6. The summed E-state index contributed by atoms with van der Waals surface area (Å²) in [6, 6.07) is 3.95. The summed E-state index contributed by atoms with van der Waals surface area (Å²) >= 11 is 0. The molecule has 0 aliphatic carbocycles. The van der Waals surface area contributed by atoms with Crippen LogP contribution >= 0.6 is 0 Å². The molecule has 8 heteroatoms. The van der Waals surface area contributed by atoms with Crippen molar-refractivity contribution < 1.29 is 9.53 Å². The number of anilines is 1. The van der Waals surface area contributed by atoms with Crippen LogP contribution in [0.25, 0.3) is 5.82 Å². The zero-order chi connectivity index (χ0) is 21.1. The number of likely N-dealkylation sites (tertiary alicyclic amines) is 1. The first kappa shape index (κ1) is 20.8. The number of amides is 1. The highest BCUT2D eigenvalue weighted by Crippen LogP contribution is 2.21. The van der Waals surface area contributed by atoms with E-state index in [0.29, 0.717) is 18.7 Å². The second-order valence-electron chi connectivity index (χ2n) is 8.47. The third-order valence-electron chi connectivity index (χ3n) is 6.35. The van der Waals surface area contributed by atoms with Crippen molar-refractivity contribution >= 4 is 11.7 Å². The molecule has 2 fully saturated rings. The fourth-order valence-corrected chi connectivity index (χ4v) is 4.30. The van der Waals surface area contributed by atoms with Gasteiger partial charge < -0.3 is 14.5 Å². The van der Waals surface area contributed by atoms with E-state index in [0.717, 1.165) is 80.9 Å². The molecule has 2 aliphatic rings. The number of ether oxygens (including phenoxy) is 1. The molecule has 2 aliphatic heterocycles. The fraction of sp³-hybridized carbons (Fsp3) is 0.636. The number of carbonyl (C=O) groups excluding carboxylic acids is 1. The molecule has 1 amide bonds. The molecule has 0 spiro atoms. The number of carbonyl (C=O) groups is 1. The van der Waals surface area contributed by atoms with E-state index in [9.17, 15) is 4.79 Å². The Balaban J connectivity index is 1.42. The maximum Gasteiger partial charge on any atom is 0.222 e. The van der Waals surface area contributed by atoms with Gasteiger partial charge in [0.25, 0.3) is 0 Å². The van der Waals surface area contributed by atoms with E-state index in [4.69, 9.17) is 4.74 Å². The highest BCUT2D eigenvalue weighted by molar-refractivity contribution is 5.76. The summed E-state index contributed by atoms with van der Waals surface area (Å²) in [6.45, 7) is 11.2. The van der Waals surface area contributed by atoms with Gasteiger partial charge >= 0.3 is 0 Å². The summed E-state index contributed by atoms with van der Waals surface area (Å²) in [5.41, 5.74) is 3.11. The predicted molar refractivity (Wildman–Crippen MR) is 115 cm³/mol. The lowest BCUT2D eigenvalue weighted by molar-refractivity contribution is -0.132. The van der Waals surface area contributed by atoms with Gasteiger partial charge in [0.05, 0.1) is 18.9 Å². The van der Waals surface area contributed by atoms with Crippen LogP contribution < -0.4 is 4.90 Å². The minimum absolute atomic E-state index is 0.253. The molecule has 0 N–H and O–H groups in total. The molecule has 30 heavy (non-hydrogen) atoms. The van der Waals surface area contributed by atoms with Crippen molar-refractivity contribution in [1.82, 2.24) is 24.9 Å². The van der Waals surface area contributed by atoms with E-state index in [1.54, 1.807) is 0 Å². The van der Waals surface area contributed by atoms with Crippen LogP contribution in [0, 0.1) is 19.8 Å². The van der Waals surface area contributed by atoms with Crippen LogP contribution in [-0.4, -0.2) is 70.2 Å². The molecule has 0 unspecified atom stereocenters. The Bertz CT molecular complexity index is 864. The van der Waals surface area contributed by atoms with Gasteiger partial charge in [-0.3, -0.25) is 4.79 Å². The van der Waals surface area contributed by atoms with E-state index >= 15 is 0 Å². The minimum Gasteiger partial charge on any atom is -0.378 e. The van der Waals surface area contributed by atoms with Gasteiger partial charge in [-0.1, -0.05) is 6.92 Å². The molecule has 162 valence electrons. The zero-order valence-electron chi connectivity index (χ0n) is 18.3. The van der Waals surface area contributed by atoms with Crippen LogP contribution in [0.5, 0.6) is 0 Å². The molecular formula is C22H32N6O2. The Labute approximate surface area is 178 Å². The first-order chi connectivity index (χ1) is 14.5. The molecule has 0 bridgehead atoms. The van der Waals surface area contributed by atoms with E-state index in [-0.39, 0.29) is 5.91 Å². The fourth-order valence-electron chi connectivity index (χ4n) is 4.30.